The van der Waals surface area contributed by atoms with E-state index >= 15 is 0 Å². The predicted octanol–water partition coefficient (Wildman–Crippen LogP) is 4.74. The SMILES string of the molecule is C=Cc1ccc(C(=O)Nc2ccc(NC(=O)c3ccc(C)o3)cc2)cc1. The summed E-state index contributed by atoms with van der Waals surface area (Å²) in [6, 6.07) is 17.4. The molecule has 0 atom stereocenters. The molecule has 0 aliphatic rings. The van der Waals surface area contributed by atoms with Crippen LogP contribution in [0.15, 0.2) is 71.7 Å². The number of carbonyl (C=O) groups excluding carboxylic acids is 2. The van der Waals surface area contributed by atoms with E-state index in [9.17, 15) is 9.59 Å². The number of hydrogen-bond donors (Lipinski definition) is 2. The minimum Gasteiger partial charge on any atom is -0.456 e. The maximum absolute atomic E-state index is 12.2. The molecule has 3 rings (SSSR count). The minimum absolute atomic E-state index is 0.205. The van der Waals surface area contributed by atoms with Gasteiger partial charge in [-0.1, -0.05) is 24.8 Å². The van der Waals surface area contributed by atoms with Crippen molar-refractivity contribution in [3.8, 4) is 0 Å². The molecule has 0 bridgehead atoms. The van der Waals surface area contributed by atoms with Gasteiger partial charge in [-0.2, -0.15) is 0 Å². The molecule has 0 unspecified atom stereocenters. The molecule has 1 aromatic heterocycles. The van der Waals surface area contributed by atoms with E-state index < -0.39 is 0 Å². The second-order valence-corrected chi connectivity index (χ2v) is 5.72. The van der Waals surface area contributed by atoms with Crippen molar-refractivity contribution in [1.29, 1.82) is 0 Å². The van der Waals surface area contributed by atoms with E-state index in [-0.39, 0.29) is 17.6 Å². The van der Waals surface area contributed by atoms with Crippen molar-refractivity contribution < 1.29 is 14.0 Å². The lowest BCUT2D eigenvalue weighted by Gasteiger charge is -2.08. The highest BCUT2D eigenvalue weighted by Crippen LogP contribution is 2.17. The Kier molecular flexibility index (Phi) is 4.99. The van der Waals surface area contributed by atoms with Gasteiger partial charge in [-0.15, -0.1) is 0 Å². The Balaban J connectivity index is 1.62. The molecule has 2 N–H and O–H groups in total. The standard InChI is InChI=1S/C21H18N2O3/c1-3-15-5-7-16(8-6-15)20(24)22-17-9-11-18(12-10-17)23-21(25)19-13-4-14(2)26-19/h3-13H,1H2,2H3,(H,22,24)(H,23,25). The smallest absolute Gasteiger partial charge is 0.291 e. The summed E-state index contributed by atoms with van der Waals surface area (Å²) in [6.45, 7) is 5.46. The van der Waals surface area contributed by atoms with Crippen molar-refractivity contribution >= 4 is 29.3 Å². The lowest BCUT2D eigenvalue weighted by atomic mass is 10.1. The Labute approximate surface area is 151 Å². The number of hydrogen-bond acceptors (Lipinski definition) is 3. The number of carbonyl (C=O) groups is 2. The molecule has 0 saturated carbocycles. The number of anilines is 2. The molecule has 5 heteroatoms. The van der Waals surface area contributed by atoms with Gasteiger partial charge in [0.05, 0.1) is 0 Å². The number of benzene rings is 2. The molecule has 130 valence electrons. The quantitative estimate of drug-likeness (QED) is 0.701. The van der Waals surface area contributed by atoms with Crippen LogP contribution in [0.2, 0.25) is 0 Å². The van der Waals surface area contributed by atoms with Gasteiger partial charge in [-0.25, -0.2) is 0 Å². The first kappa shape index (κ1) is 17.2. The summed E-state index contributed by atoms with van der Waals surface area (Å²) >= 11 is 0. The van der Waals surface area contributed by atoms with Crippen LogP contribution in [0.25, 0.3) is 6.08 Å². The molecule has 0 fully saturated rings. The summed E-state index contributed by atoms with van der Waals surface area (Å²) in [4.78, 5) is 24.3. The predicted molar refractivity (Wildman–Crippen MR) is 102 cm³/mol. The molecule has 0 saturated heterocycles. The lowest BCUT2D eigenvalue weighted by molar-refractivity contribution is 0.0993. The average molecular weight is 346 g/mol. The first-order valence-electron chi connectivity index (χ1n) is 8.07. The fourth-order valence-corrected chi connectivity index (χ4v) is 2.36. The molecular weight excluding hydrogens is 328 g/mol. The Morgan fingerprint density at radius 3 is 1.92 bits per heavy atom. The Morgan fingerprint density at radius 2 is 1.42 bits per heavy atom. The van der Waals surface area contributed by atoms with Gasteiger partial charge in [-0.05, 0) is 61.0 Å². The highest BCUT2D eigenvalue weighted by atomic mass is 16.3. The van der Waals surface area contributed by atoms with Gasteiger partial charge < -0.3 is 15.1 Å². The summed E-state index contributed by atoms with van der Waals surface area (Å²) in [5, 5.41) is 5.56. The van der Waals surface area contributed by atoms with E-state index in [1.165, 1.54) is 0 Å². The highest BCUT2D eigenvalue weighted by molar-refractivity contribution is 6.05. The van der Waals surface area contributed by atoms with E-state index in [2.05, 4.69) is 17.2 Å². The second kappa shape index (κ2) is 7.53. The van der Waals surface area contributed by atoms with Gasteiger partial charge in [0, 0.05) is 16.9 Å². The van der Waals surface area contributed by atoms with Crippen molar-refractivity contribution in [1.82, 2.24) is 0 Å². The van der Waals surface area contributed by atoms with Gasteiger partial charge >= 0.3 is 0 Å². The second-order valence-electron chi connectivity index (χ2n) is 5.72. The number of amides is 2. The van der Waals surface area contributed by atoms with Gasteiger partial charge in [0.1, 0.15) is 5.76 Å². The third-order valence-electron chi connectivity index (χ3n) is 3.77. The number of nitrogens with one attached hydrogen (secondary N) is 2. The summed E-state index contributed by atoms with van der Waals surface area (Å²) in [6.07, 6.45) is 1.72. The summed E-state index contributed by atoms with van der Waals surface area (Å²) in [5.74, 6) is 0.401. The number of aryl methyl sites for hydroxylation is 1. The van der Waals surface area contributed by atoms with Crippen molar-refractivity contribution in [3.05, 3.63) is 89.9 Å². The minimum atomic E-state index is -0.322. The number of furan rings is 1. The third-order valence-corrected chi connectivity index (χ3v) is 3.77. The monoisotopic (exact) mass is 346 g/mol. The fourth-order valence-electron chi connectivity index (χ4n) is 2.36. The highest BCUT2D eigenvalue weighted by Gasteiger charge is 2.10. The zero-order valence-electron chi connectivity index (χ0n) is 14.3. The molecule has 5 nitrogen and oxygen atoms in total. The summed E-state index contributed by atoms with van der Waals surface area (Å²) in [5.41, 5.74) is 2.75. The maximum Gasteiger partial charge on any atom is 0.291 e. The van der Waals surface area contributed by atoms with E-state index in [4.69, 9.17) is 4.42 Å². The van der Waals surface area contributed by atoms with Crippen molar-refractivity contribution in [2.24, 2.45) is 0 Å². The summed E-state index contributed by atoms with van der Waals surface area (Å²) < 4.78 is 5.28. The molecule has 2 amide bonds. The zero-order chi connectivity index (χ0) is 18.5. The normalized spacial score (nSPS) is 10.2. The van der Waals surface area contributed by atoms with Gasteiger partial charge in [-0.3, -0.25) is 9.59 Å². The van der Waals surface area contributed by atoms with Gasteiger partial charge in [0.15, 0.2) is 5.76 Å². The molecule has 1 heterocycles. The average Bonchev–Trinajstić information content (AvgIpc) is 3.10. The topological polar surface area (TPSA) is 71.3 Å². The van der Waals surface area contributed by atoms with E-state index in [0.29, 0.717) is 22.7 Å². The lowest BCUT2D eigenvalue weighted by Crippen LogP contribution is -2.12. The van der Waals surface area contributed by atoms with Crippen LogP contribution in [0.5, 0.6) is 0 Å². The largest absolute Gasteiger partial charge is 0.456 e. The van der Waals surface area contributed by atoms with Crippen molar-refractivity contribution in [2.45, 2.75) is 6.92 Å². The molecular formula is C21H18N2O3. The summed E-state index contributed by atoms with van der Waals surface area (Å²) in [7, 11) is 0. The molecule has 0 aliphatic carbocycles. The fraction of sp³-hybridized carbons (Fsp3) is 0.0476. The van der Waals surface area contributed by atoms with Crippen molar-refractivity contribution in [2.75, 3.05) is 10.6 Å². The molecule has 3 aromatic rings. The van der Waals surface area contributed by atoms with E-state index in [1.807, 2.05) is 12.1 Å². The van der Waals surface area contributed by atoms with Crippen LogP contribution in [-0.4, -0.2) is 11.8 Å². The first-order chi connectivity index (χ1) is 12.5. The molecule has 26 heavy (non-hydrogen) atoms. The number of rotatable bonds is 5. The van der Waals surface area contributed by atoms with Crippen LogP contribution in [0.4, 0.5) is 11.4 Å². The molecule has 0 aliphatic heterocycles. The zero-order valence-corrected chi connectivity index (χ0v) is 14.3. The van der Waals surface area contributed by atoms with Crippen molar-refractivity contribution in [3.63, 3.8) is 0 Å². The van der Waals surface area contributed by atoms with Crippen LogP contribution in [0.1, 0.15) is 32.2 Å². The van der Waals surface area contributed by atoms with Crippen LogP contribution in [0, 0.1) is 6.92 Å². The maximum atomic E-state index is 12.2. The van der Waals surface area contributed by atoms with Gasteiger partial charge in [0.25, 0.3) is 11.8 Å². The van der Waals surface area contributed by atoms with E-state index in [1.54, 1.807) is 61.5 Å². The molecule has 0 radical (unpaired) electrons. The Bertz CT molecular complexity index is 938. The van der Waals surface area contributed by atoms with Gasteiger partial charge in [0.2, 0.25) is 0 Å². The van der Waals surface area contributed by atoms with E-state index in [0.717, 1.165) is 5.56 Å². The third kappa shape index (κ3) is 4.08. The molecule has 2 aromatic carbocycles. The van der Waals surface area contributed by atoms with Crippen LogP contribution in [0.3, 0.4) is 0 Å². The van der Waals surface area contributed by atoms with Crippen LogP contribution >= 0.6 is 0 Å². The Morgan fingerprint density at radius 1 is 0.846 bits per heavy atom. The van der Waals surface area contributed by atoms with Crippen LogP contribution in [-0.2, 0) is 0 Å². The van der Waals surface area contributed by atoms with Crippen LogP contribution < -0.4 is 10.6 Å². The first-order valence-corrected chi connectivity index (χ1v) is 8.07. The molecule has 0 spiro atoms. The Hall–Kier alpha value is -3.60.